The van der Waals surface area contributed by atoms with Crippen molar-refractivity contribution < 1.29 is 23.5 Å². The minimum Gasteiger partial charge on any atom is -0.450 e. The van der Waals surface area contributed by atoms with Crippen molar-refractivity contribution in [1.29, 1.82) is 0 Å². The summed E-state index contributed by atoms with van der Waals surface area (Å²) in [5.74, 6) is -0.686. The van der Waals surface area contributed by atoms with Crippen LogP contribution in [0.15, 0.2) is 28.7 Å². The van der Waals surface area contributed by atoms with Crippen molar-refractivity contribution >= 4 is 22.8 Å². The van der Waals surface area contributed by atoms with Crippen LogP contribution >= 0.6 is 0 Å². The van der Waals surface area contributed by atoms with Crippen LogP contribution in [0, 0.1) is 0 Å². The zero-order valence-electron chi connectivity index (χ0n) is 16.2. The van der Waals surface area contributed by atoms with E-state index in [0.29, 0.717) is 17.8 Å². The zero-order chi connectivity index (χ0) is 19.4. The summed E-state index contributed by atoms with van der Waals surface area (Å²) in [5.41, 5.74) is 1.26. The molecule has 1 aromatic heterocycles. The lowest BCUT2D eigenvalue weighted by Crippen LogP contribution is -2.49. The molecule has 0 radical (unpaired) electrons. The zero-order valence-corrected chi connectivity index (χ0v) is 16.2. The molecule has 0 saturated carbocycles. The highest BCUT2D eigenvalue weighted by Gasteiger charge is 2.30. The van der Waals surface area contributed by atoms with E-state index in [1.807, 2.05) is 43.9 Å². The molecule has 1 aromatic carbocycles. The Bertz CT molecular complexity index is 802. The molecule has 2 atom stereocenters. The first-order valence-electron chi connectivity index (χ1n) is 9.59. The van der Waals surface area contributed by atoms with Crippen molar-refractivity contribution in [3.63, 3.8) is 0 Å². The Morgan fingerprint density at radius 1 is 1.19 bits per heavy atom. The maximum absolute atomic E-state index is 12.6. The van der Waals surface area contributed by atoms with Gasteiger partial charge in [0.1, 0.15) is 5.58 Å². The van der Waals surface area contributed by atoms with Gasteiger partial charge in [-0.2, -0.15) is 0 Å². The summed E-state index contributed by atoms with van der Waals surface area (Å²) in [7, 11) is 0. The molecular formula is C21H27NO5. The third-order valence-electron chi connectivity index (χ3n) is 5.14. The van der Waals surface area contributed by atoms with Gasteiger partial charge < -0.3 is 18.8 Å². The average Bonchev–Trinajstić information content (AvgIpc) is 3.03. The van der Waals surface area contributed by atoms with Crippen LogP contribution in [-0.4, -0.2) is 42.1 Å². The van der Waals surface area contributed by atoms with Crippen LogP contribution in [0.1, 0.15) is 56.2 Å². The van der Waals surface area contributed by atoms with Crippen LogP contribution in [0.5, 0.6) is 0 Å². The molecule has 6 nitrogen and oxygen atoms in total. The number of rotatable bonds is 6. The van der Waals surface area contributed by atoms with Crippen LogP contribution < -0.4 is 0 Å². The van der Waals surface area contributed by atoms with E-state index in [-0.39, 0.29) is 37.0 Å². The lowest BCUT2D eigenvalue weighted by molar-refractivity contribution is -0.140. The number of furan rings is 1. The summed E-state index contributed by atoms with van der Waals surface area (Å²) in [6.07, 6.45) is 3.07. The second-order valence-electron chi connectivity index (χ2n) is 7.05. The molecule has 1 aliphatic heterocycles. The quantitative estimate of drug-likeness (QED) is 0.718. The number of hydrogen-bond donors (Lipinski definition) is 0. The minimum atomic E-state index is -0.633. The lowest BCUT2D eigenvalue weighted by Gasteiger charge is -2.38. The number of piperidine rings is 1. The molecule has 2 unspecified atom stereocenters. The van der Waals surface area contributed by atoms with E-state index in [9.17, 15) is 9.59 Å². The fraction of sp³-hybridized carbons (Fsp3) is 0.524. The largest absolute Gasteiger partial charge is 0.450 e. The minimum absolute atomic E-state index is 0.109. The number of carbonyl (C=O) groups excluding carboxylic acids is 2. The van der Waals surface area contributed by atoms with E-state index >= 15 is 0 Å². The van der Waals surface area contributed by atoms with E-state index in [1.54, 1.807) is 6.07 Å². The normalized spacial score (nSPS) is 20.0. The molecule has 27 heavy (non-hydrogen) atoms. The van der Waals surface area contributed by atoms with Gasteiger partial charge in [-0.25, -0.2) is 4.79 Å². The number of benzene rings is 1. The summed E-state index contributed by atoms with van der Waals surface area (Å²) in [4.78, 5) is 27.0. The Kier molecular flexibility index (Phi) is 6.16. The maximum Gasteiger partial charge on any atom is 0.375 e. The summed E-state index contributed by atoms with van der Waals surface area (Å²) >= 11 is 0. The van der Waals surface area contributed by atoms with Gasteiger partial charge in [0.2, 0.25) is 5.76 Å². The van der Waals surface area contributed by atoms with Crippen LogP contribution in [0.3, 0.4) is 0 Å². The Morgan fingerprint density at radius 2 is 1.89 bits per heavy atom. The van der Waals surface area contributed by atoms with Gasteiger partial charge in [0.05, 0.1) is 6.61 Å². The van der Waals surface area contributed by atoms with Crippen molar-refractivity contribution in [3.05, 3.63) is 35.6 Å². The number of esters is 1. The highest BCUT2D eigenvalue weighted by Crippen LogP contribution is 2.27. The standard InChI is InChI=1S/C21H27NO5/c1-4-25-12-17-16-10-5-6-11-18(16)27-20(17)21(24)26-13-19(23)22-14(2)8-7-9-15(22)3/h5-6,10-11,14-15H,4,7-9,12-13H2,1-3H3. The number of amides is 1. The van der Waals surface area contributed by atoms with Gasteiger partial charge in [-0.1, -0.05) is 18.2 Å². The first kappa shape index (κ1) is 19.4. The third kappa shape index (κ3) is 4.16. The van der Waals surface area contributed by atoms with Gasteiger partial charge in [0.25, 0.3) is 5.91 Å². The monoisotopic (exact) mass is 373 g/mol. The average molecular weight is 373 g/mol. The van der Waals surface area contributed by atoms with Crippen molar-refractivity contribution in [2.75, 3.05) is 13.2 Å². The molecule has 0 aliphatic carbocycles. The second-order valence-corrected chi connectivity index (χ2v) is 7.05. The SMILES string of the molecule is CCOCc1c(C(=O)OCC(=O)N2C(C)CCCC2C)oc2ccccc12. The number of carbonyl (C=O) groups is 2. The van der Waals surface area contributed by atoms with Gasteiger partial charge in [0, 0.05) is 29.6 Å². The smallest absolute Gasteiger partial charge is 0.375 e. The highest BCUT2D eigenvalue weighted by atomic mass is 16.5. The van der Waals surface area contributed by atoms with Gasteiger partial charge in [-0.15, -0.1) is 0 Å². The number of nitrogens with zero attached hydrogens (tertiary/aromatic N) is 1. The predicted octanol–water partition coefficient (Wildman–Crippen LogP) is 3.92. The van der Waals surface area contributed by atoms with Crippen LogP contribution in [0.2, 0.25) is 0 Å². The van der Waals surface area contributed by atoms with Gasteiger partial charge >= 0.3 is 5.97 Å². The molecule has 1 aliphatic rings. The number of likely N-dealkylation sites (tertiary alicyclic amines) is 1. The van der Waals surface area contributed by atoms with Crippen LogP contribution in [-0.2, 0) is 20.9 Å². The molecule has 1 amide bonds. The molecular weight excluding hydrogens is 346 g/mol. The Hall–Kier alpha value is -2.34. The molecule has 146 valence electrons. The summed E-state index contributed by atoms with van der Waals surface area (Å²) < 4.78 is 16.5. The van der Waals surface area contributed by atoms with Crippen LogP contribution in [0.25, 0.3) is 11.0 Å². The number of hydrogen-bond acceptors (Lipinski definition) is 5. The first-order valence-corrected chi connectivity index (χ1v) is 9.59. The third-order valence-corrected chi connectivity index (χ3v) is 5.14. The van der Waals surface area contributed by atoms with Crippen molar-refractivity contribution in [1.82, 2.24) is 4.90 Å². The van der Waals surface area contributed by atoms with E-state index < -0.39 is 5.97 Å². The molecule has 2 heterocycles. The molecule has 0 bridgehead atoms. The first-order chi connectivity index (χ1) is 13.0. The molecule has 0 N–H and O–H groups in total. The maximum atomic E-state index is 12.6. The fourth-order valence-corrected chi connectivity index (χ4v) is 3.79. The van der Waals surface area contributed by atoms with Crippen molar-refractivity contribution in [2.24, 2.45) is 0 Å². The van der Waals surface area contributed by atoms with E-state index in [1.165, 1.54) is 0 Å². The van der Waals surface area contributed by atoms with Gasteiger partial charge in [-0.3, -0.25) is 4.79 Å². The lowest BCUT2D eigenvalue weighted by atomic mass is 9.97. The van der Waals surface area contributed by atoms with E-state index in [0.717, 1.165) is 24.6 Å². The number of fused-ring (bicyclic) bond motifs is 1. The molecule has 1 fully saturated rings. The molecule has 6 heteroatoms. The molecule has 1 saturated heterocycles. The van der Waals surface area contributed by atoms with Gasteiger partial charge in [-0.05, 0) is 46.1 Å². The van der Waals surface area contributed by atoms with Crippen LogP contribution in [0.4, 0.5) is 0 Å². The predicted molar refractivity (Wildman–Crippen MR) is 101 cm³/mol. The van der Waals surface area contributed by atoms with E-state index in [2.05, 4.69) is 0 Å². The summed E-state index contributed by atoms with van der Waals surface area (Å²) in [6, 6.07) is 7.73. The summed E-state index contributed by atoms with van der Waals surface area (Å²) in [6.45, 7) is 6.46. The molecule has 2 aromatic rings. The van der Waals surface area contributed by atoms with Crippen molar-refractivity contribution in [3.8, 4) is 0 Å². The fourth-order valence-electron chi connectivity index (χ4n) is 3.79. The number of ether oxygens (including phenoxy) is 2. The van der Waals surface area contributed by atoms with Gasteiger partial charge in [0.15, 0.2) is 6.61 Å². The Labute approximate surface area is 159 Å². The summed E-state index contributed by atoms with van der Waals surface area (Å²) in [5, 5.41) is 0.822. The van der Waals surface area contributed by atoms with Crippen molar-refractivity contribution in [2.45, 2.75) is 58.7 Å². The molecule has 0 spiro atoms. The van der Waals surface area contributed by atoms with E-state index in [4.69, 9.17) is 13.9 Å². The second kappa shape index (κ2) is 8.57. The topological polar surface area (TPSA) is 69.0 Å². The Morgan fingerprint density at radius 3 is 2.59 bits per heavy atom. The number of para-hydroxylation sites is 1. The molecule has 3 rings (SSSR count). The Balaban J connectivity index is 1.73. The highest BCUT2D eigenvalue weighted by molar-refractivity contribution is 5.96.